The predicted octanol–water partition coefficient (Wildman–Crippen LogP) is 4.55. The summed E-state index contributed by atoms with van der Waals surface area (Å²) in [6.07, 6.45) is 0. The van der Waals surface area contributed by atoms with Crippen molar-refractivity contribution in [2.24, 2.45) is 0 Å². The first-order chi connectivity index (χ1) is 11.5. The molecule has 1 N–H and O–H groups in total. The van der Waals surface area contributed by atoms with Gasteiger partial charge in [0.15, 0.2) is 17.1 Å². The van der Waals surface area contributed by atoms with E-state index in [0.717, 1.165) is 16.5 Å². The van der Waals surface area contributed by atoms with Crippen molar-refractivity contribution in [2.45, 2.75) is 26.8 Å². The first kappa shape index (κ1) is 16.1. The van der Waals surface area contributed by atoms with Crippen LogP contribution in [0.1, 0.15) is 40.2 Å². The van der Waals surface area contributed by atoms with Crippen molar-refractivity contribution in [1.82, 2.24) is 5.32 Å². The van der Waals surface area contributed by atoms with Gasteiger partial charge in [0, 0.05) is 5.39 Å². The van der Waals surface area contributed by atoms with Crippen LogP contribution in [-0.2, 0) is 0 Å². The highest BCUT2D eigenvalue weighted by molar-refractivity contribution is 5.97. The molecule has 4 heteroatoms. The predicted molar refractivity (Wildman–Crippen MR) is 94.6 cm³/mol. The van der Waals surface area contributed by atoms with Crippen LogP contribution in [0.3, 0.4) is 0 Å². The summed E-state index contributed by atoms with van der Waals surface area (Å²) in [5.74, 6) is 0.669. The number of carbonyl (C=O) groups is 1. The maximum absolute atomic E-state index is 12.5. The maximum Gasteiger partial charge on any atom is 0.287 e. The standard InChI is InChI=1S/C20H21NO3/c1-12-8-9-13(2)16(10-12)14(3)21-20(22)18-11-15-6-5-7-17(23-4)19(15)24-18/h5-11,14H,1-4H3,(H,21,22)/t14-/m1/s1. The van der Waals surface area contributed by atoms with Gasteiger partial charge in [-0.2, -0.15) is 0 Å². The molecule has 0 spiro atoms. The quantitative estimate of drug-likeness (QED) is 0.766. The van der Waals surface area contributed by atoms with Crippen LogP contribution in [0.5, 0.6) is 5.75 Å². The Morgan fingerprint density at radius 1 is 1.17 bits per heavy atom. The first-order valence-electron chi connectivity index (χ1n) is 7.94. The summed E-state index contributed by atoms with van der Waals surface area (Å²) >= 11 is 0. The summed E-state index contributed by atoms with van der Waals surface area (Å²) in [6.45, 7) is 6.06. The van der Waals surface area contributed by atoms with Gasteiger partial charge in [0.25, 0.3) is 5.91 Å². The lowest BCUT2D eigenvalue weighted by atomic mass is 10.00. The molecule has 4 nitrogen and oxygen atoms in total. The molecule has 0 aliphatic carbocycles. The van der Waals surface area contributed by atoms with Crippen LogP contribution in [-0.4, -0.2) is 13.0 Å². The van der Waals surface area contributed by atoms with Gasteiger partial charge in [-0.1, -0.05) is 35.9 Å². The normalized spacial score (nSPS) is 12.2. The molecule has 0 unspecified atom stereocenters. The van der Waals surface area contributed by atoms with E-state index in [1.165, 1.54) is 5.56 Å². The Morgan fingerprint density at radius 2 is 1.96 bits per heavy atom. The molecule has 0 saturated heterocycles. The van der Waals surface area contributed by atoms with Crippen LogP contribution in [0.2, 0.25) is 0 Å². The van der Waals surface area contributed by atoms with Crippen LogP contribution in [0.4, 0.5) is 0 Å². The zero-order chi connectivity index (χ0) is 17.3. The smallest absolute Gasteiger partial charge is 0.287 e. The molecule has 0 saturated carbocycles. The molecule has 124 valence electrons. The molecule has 24 heavy (non-hydrogen) atoms. The van der Waals surface area contributed by atoms with Crippen molar-refractivity contribution >= 4 is 16.9 Å². The van der Waals surface area contributed by atoms with Crippen LogP contribution in [0.15, 0.2) is 46.9 Å². The number of methoxy groups -OCH3 is 1. The van der Waals surface area contributed by atoms with Crippen LogP contribution >= 0.6 is 0 Å². The highest BCUT2D eigenvalue weighted by atomic mass is 16.5. The Kier molecular flexibility index (Phi) is 4.30. The topological polar surface area (TPSA) is 51.5 Å². The highest BCUT2D eigenvalue weighted by Crippen LogP contribution is 2.29. The molecule has 3 aromatic rings. The van der Waals surface area contributed by atoms with Crippen molar-refractivity contribution in [3.8, 4) is 5.75 Å². The summed E-state index contributed by atoms with van der Waals surface area (Å²) in [7, 11) is 1.58. The van der Waals surface area contributed by atoms with E-state index in [1.807, 2.05) is 39.0 Å². The molecule has 0 radical (unpaired) electrons. The van der Waals surface area contributed by atoms with Gasteiger partial charge in [0.05, 0.1) is 13.2 Å². The number of ether oxygens (including phenoxy) is 1. The van der Waals surface area contributed by atoms with E-state index in [4.69, 9.17) is 9.15 Å². The minimum absolute atomic E-state index is 0.104. The van der Waals surface area contributed by atoms with Gasteiger partial charge >= 0.3 is 0 Å². The van der Waals surface area contributed by atoms with Gasteiger partial charge < -0.3 is 14.5 Å². The highest BCUT2D eigenvalue weighted by Gasteiger charge is 2.18. The molecule has 1 amide bonds. The number of para-hydroxylation sites is 1. The Morgan fingerprint density at radius 3 is 2.71 bits per heavy atom. The molecule has 0 aliphatic heterocycles. The average Bonchev–Trinajstić information content (AvgIpc) is 3.01. The number of amides is 1. The monoisotopic (exact) mass is 323 g/mol. The number of aryl methyl sites for hydroxylation is 2. The summed E-state index contributed by atoms with van der Waals surface area (Å²) in [6, 6.07) is 13.5. The SMILES string of the molecule is COc1cccc2cc(C(=O)N[C@H](C)c3cc(C)ccc3C)oc12. The molecule has 1 heterocycles. The van der Waals surface area contributed by atoms with Crippen molar-refractivity contribution in [1.29, 1.82) is 0 Å². The number of nitrogens with one attached hydrogen (secondary N) is 1. The third kappa shape index (κ3) is 3.00. The van der Waals surface area contributed by atoms with Gasteiger partial charge in [-0.15, -0.1) is 0 Å². The van der Waals surface area contributed by atoms with Crippen molar-refractivity contribution in [3.63, 3.8) is 0 Å². The number of furan rings is 1. The lowest BCUT2D eigenvalue weighted by Crippen LogP contribution is -2.26. The molecule has 0 aliphatic rings. The van der Waals surface area contributed by atoms with Crippen molar-refractivity contribution < 1.29 is 13.9 Å². The second-order valence-electron chi connectivity index (χ2n) is 6.04. The fourth-order valence-electron chi connectivity index (χ4n) is 2.88. The number of hydrogen-bond donors (Lipinski definition) is 1. The fraction of sp³-hybridized carbons (Fsp3) is 0.250. The number of benzene rings is 2. The van der Waals surface area contributed by atoms with Gasteiger partial charge in [-0.05, 0) is 44.0 Å². The lowest BCUT2D eigenvalue weighted by Gasteiger charge is -2.16. The van der Waals surface area contributed by atoms with Crippen LogP contribution < -0.4 is 10.1 Å². The Labute approximate surface area is 141 Å². The lowest BCUT2D eigenvalue weighted by molar-refractivity contribution is 0.0914. The molecule has 0 fully saturated rings. The maximum atomic E-state index is 12.5. The number of rotatable bonds is 4. The van der Waals surface area contributed by atoms with Gasteiger partial charge in [-0.25, -0.2) is 0 Å². The zero-order valence-corrected chi connectivity index (χ0v) is 14.3. The van der Waals surface area contributed by atoms with E-state index in [9.17, 15) is 4.79 Å². The second kappa shape index (κ2) is 6.40. The van der Waals surface area contributed by atoms with E-state index in [0.29, 0.717) is 11.3 Å². The van der Waals surface area contributed by atoms with Crippen LogP contribution in [0.25, 0.3) is 11.0 Å². The minimum Gasteiger partial charge on any atom is -0.493 e. The molecule has 1 atom stereocenters. The molecule has 1 aromatic heterocycles. The van der Waals surface area contributed by atoms with E-state index < -0.39 is 0 Å². The van der Waals surface area contributed by atoms with E-state index in [-0.39, 0.29) is 17.7 Å². The molecule has 0 bridgehead atoms. The van der Waals surface area contributed by atoms with E-state index >= 15 is 0 Å². The number of fused-ring (bicyclic) bond motifs is 1. The van der Waals surface area contributed by atoms with Gasteiger partial charge in [-0.3, -0.25) is 4.79 Å². The fourth-order valence-corrected chi connectivity index (χ4v) is 2.88. The second-order valence-corrected chi connectivity index (χ2v) is 6.04. The van der Waals surface area contributed by atoms with Crippen molar-refractivity contribution in [3.05, 3.63) is 64.9 Å². The average molecular weight is 323 g/mol. The largest absolute Gasteiger partial charge is 0.493 e. The van der Waals surface area contributed by atoms with Gasteiger partial charge in [0.1, 0.15) is 0 Å². The third-order valence-corrected chi connectivity index (χ3v) is 4.20. The zero-order valence-electron chi connectivity index (χ0n) is 14.3. The molecule has 3 rings (SSSR count). The molecule has 2 aromatic carbocycles. The summed E-state index contributed by atoms with van der Waals surface area (Å²) < 4.78 is 11.0. The van der Waals surface area contributed by atoms with E-state index in [2.05, 4.69) is 23.5 Å². The Balaban J connectivity index is 1.85. The Hall–Kier alpha value is -2.75. The van der Waals surface area contributed by atoms with Crippen LogP contribution in [0, 0.1) is 13.8 Å². The third-order valence-electron chi connectivity index (χ3n) is 4.20. The Bertz CT molecular complexity index is 895. The number of hydrogen-bond acceptors (Lipinski definition) is 3. The molecular weight excluding hydrogens is 302 g/mol. The van der Waals surface area contributed by atoms with E-state index in [1.54, 1.807) is 13.2 Å². The first-order valence-corrected chi connectivity index (χ1v) is 7.94. The summed E-state index contributed by atoms with van der Waals surface area (Å²) in [4.78, 5) is 12.5. The number of carbonyl (C=O) groups excluding carboxylic acids is 1. The minimum atomic E-state index is -0.235. The summed E-state index contributed by atoms with van der Waals surface area (Å²) in [5.41, 5.74) is 4.02. The summed E-state index contributed by atoms with van der Waals surface area (Å²) in [5, 5.41) is 3.85. The van der Waals surface area contributed by atoms with Gasteiger partial charge in [0.2, 0.25) is 0 Å². The van der Waals surface area contributed by atoms with Crippen molar-refractivity contribution in [2.75, 3.05) is 7.11 Å². The molecular formula is C20H21NO3.